The lowest BCUT2D eigenvalue weighted by Gasteiger charge is -2.21. The third-order valence-electron chi connectivity index (χ3n) is 2.28. The summed E-state index contributed by atoms with van der Waals surface area (Å²) in [5, 5.41) is 3.41. The first-order valence-corrected chi connectivity index (χ1v) is 3.67. The SMILES string of the molecule is CCC1(C)CC(N)CN1. The first kappa shape index (κ1) is 7.03. The van der Waals surface area contributed by atoms with Crippen molar-refractivity contribution < 1.29 is 0 Å². The summed E-state index contributed by atoms with van der Waals surface area (Å²) >= 11 is 0. The Labute approximate surface area is 56.8 Å². The molecule has 0 aromatic rings. The van der Waals surface area contributed by atoms with Crippen LogP contribution in [-0.2, 0) is 0 Å². The Morgan fingerprint density at radius 3 is 2.67 bits per heavy atom. The Hall–Kier alpha value is -0.0800. The quantitative estimate of drug-likeness (QED) is 0.539. The fourth-order valence-corrected chi connectivity index (χ4v) is 1.37. The van der Waals surface area contributed by atoms with Crippen LogP contribution in [0.3, 0.4) is 0 Å². The number of rotatable bonds is 1. The summed E-state index contributed by atoms with van der Waals surface area (Å²) in [6.07, 6.45) is 2.31. The van der Waals surface area contributed by atoms with E-state index in [1.807, 2.05) is 0 Å². The van der Waals surface area contributed by atoms with Crippen LogP contribution in [0.15, 0.2) is 0 Å². The molecule has 2 unspecified atom stereocenters. The van der Waals surface area contributed by atoms with Gasteiger partial charge in [-0.2, -0.15) is 0 Å². The maximum atomic E-state index is 5.72. The summed E-state index contributed by atoms with van der Waals surface area (Å²) in [6, 6.07) is 0.384. The van der Waals surface area contributed by atoms with E-state index in [1.54, 1.807) is 0 Å². The molecule has 3 N–H and O–H groups in total. The summed E-state index contributed by atoms with van der Waals surface area (Å²) in [4.78, 5) is 0. The molecule has 1 aliphatic heterocycles. The molecule has 0 saturated carbocycles. The van der Waals surface area contributed by atoms with Crippen LogP contribution in [0, 0.1) is 0 Å². The van der Waals surface area contributed by atoms with E-state index in [4.69, 9.17) is 5.73 Å². The van der Waals surface area contributed by atoms with Gasteiger partial charge in [-0.15, -0.1) is 0 Å². The molecule has 0 aliphatic carbocycles. The van der Waals surface area contributed by atoms with Crippen LogP contribution in [-0.4, -0.2) is 18.1 Å². The zero-order valence-electron chi connectivity index (χ0n) is 6.28. The van der Waals surface area contributed by atoms with Crippen molar-refractivity contribution in [1.29, 1.82) is 0 Å². The van der Waals surface area contributed by atoms with Crippen LogP contribution >= 0.6 is 0 Å². The highest BCUT2D eigenvalue weighted by atomic mass is 15.0. The lowest BCUT2D eigenvalue weighted by atomic mass is 9.96. The summed E-state index contributed by atoms with van der Waals surface area (Å²) in [6.45, 7) is 5.43. The van der Waals surface area contributed by atoms with E-state index in [9.17, 15) is 0 Å². The maximum absolute atomic E-state index is 5.72. The van der Waals surface area contributed by atoms with Gasteiger partial charge in [-0.25, -0.2) is 0 Å². The molecular formula is C7H16N2. The third-order valence-corrected chi connectivity index (χ3v) is 2.28. The summed E-state index contributed by atoms with van der Waals surface area (Å²) in [7, 11) is 0. The molecule has 0 aromatic carbocycles. The predicted molar refractivity (Wildman–Crippen MR) is 39.3 cm³/mol. The summed E-state index contributed by atoms with van der Waals surface area (Å²) in [5.74, 6) is 0. The summed E-state index contributed by atoms with van der Waals surface area (Å²) in [5.41, 5.74) is 6.06. The highest BCUT2D eigenvalue weighted by molar-refractivity contribution is 4.93. The molecule has 0 bridgehead atoms. The van der Waals surface area contributed by atoms with Crippen molar-refractivity contribution in [3.63, 3.8) is 0 Å². The van der Waals surface area contributed by atoms with Gasteiger partial charge in [0.2, 0.25) is 0 Å². The van der Waals surface area contributed by atoms with Gasteiger partial charge in [0.15, 0.2) is 0 Å². The highest BCUT2D eigenvalue weighted by Gasteiger charge is 2.30. The average Bonchev–Trinajstić information content (AvgIpc) is 2.13. The lowest BCUT2D eigenvalue weighted by molar-refractivity contribution is 0.397. The number of hydrogen-bond acceptors (Lipinski definition) is 2. The second kappa shape index (κ2) is 2.27. The van der Waals surface area contributed by atoms with Crippen molar-refractivity contribution in [2.75, 3.05) is 6.54 Å². The summed E-state index contributed by atoms with van der Waals surface area (Å²) < 4.78 is 0. The average molecular weight is 128 g/mol. The molecule has 9 heavy (non-hydrogen) atoms. The monoisotopic (exact) mass is 128 g/mol. The fraction of sp³-hybridized carbons (Fsp3) is 1.00. The minimum Gasteiger partial charge on any atom is -0.326 e. The van der Waals surface area contributed by atoms with Gasteiger partial charge in [0.25, 0.3) is 0 Å². The van der Waals surface area contributed by atoms with Gasteiger partial charge in [0.05, 0.1) is 0 Å². The van der Waals surface area contributed by atoms with Gasteiger partial charge in [-0.05, 0) is 19.8 Å². The van der Waals surface area contributed by atoms with E-state index in [0.29, 0.717) is 11.6 Å². The van der Waals surface area contributed by atoms with Gasteiger partial charge in [0, 0.05) is 18.1 Å². The second-order valence-corrected chi connectivity index (χ2v) is 3.26. The molecule has 1 saturated heterocycles. The minimum absolute atomic E-state index is 0.333. The Morgan fingerprint density at radius 2 is 2.44 bits per heavy atom. The van der Waals surface area contributed by atoms with E-state index in [-0.39, 0.29) is 0 Å². The van der Waals surface area contributed by atoms with Crippen molar-refractivity contribution >= 4 is 0 Å². The molecule has 2 heteroatoms. The fourth-order valence-electron chi connectivity index (χ4n) is 1.37. The smallest absolute Gasteiger partial charge is 0.0182 e. The molecule has 1 aliphatic rings. The Kier molecular flexibility index (Phi) is 1.78. The molecule has 0 amide bonds. The van der Waals surface area contributed by atoms with Crippen LogP contribution in [0.2, 0.25) is 0 Å². The van der Waals surface area contributed by atoms with Crippen molar-refractivity contribution in [3.8, 4) is 0 Å². The van der Waals surface area contributed by atoms with Crippen LogP contribution in [0.25, 0.3) is 0 Å². The standard InChI is InChI=1S/C7H16N2/c1-3-7(2)4-6(8)5-9-7/h6,9H,3-5,8H2,1-2H3. The molecule has 54 valence electrons. The lowest BCUT2D eigenvalue weighted by Crippen LogP contribution is -2.34. The van der Waals surface area contributed by atoms with Gasteiger partial charge in [0.1, 0.15) is 0 Å². The van der Waals surface area contributed by atoms with Crippen molar-refractivity contribution in [3.05, 3.63) is 0 Å². The maximum Gasteiger partial charge on any atom is 0.0182 e. The van der Waals surface area contributed by atoms with Crippen molar-refractivity contribution in [2.24, 2.45) is 5.73 Å². The number of nitrogens with one attached hydrogen (secondary N) is 1. The normalized spacial score (nSPS) is 43.7. The van der Waals surface area contributed by atoms with Crippen LogP contribution in [0.1, 0.15) is 26.7 Å². The molecular weight excluding hydrogens is 112 g/mol. The first-order valence-electron chi connectivity index (χ1n) is 3.67. The zero-order valence-corrected chi connectivity index (χ0v) is 6.28. The van der Waals surface area contributed by atoms with E-state index in [0.717, 1.165) is 13.0 Å². The van der Waals surface area contributed by atoms with Crippen LogP contribution in [0.5, 0.6) is 0 Å². The van der Waals surface area contributed by atoms with Gasteiger partial charge in [-0.3, -0.25) is 0 Å². The molecule has 0 aromatic heterocycles. The largest absolute Gasteiger partial charge is 0.326 e. The molecule has 0 radical (unpaired) electrons. The zero-order chi connectivity index (χ0) is 6.91. The van der Waals surface area contributed by atoms with E-state index in [1.165, 1.54) is 6.42 Å². The Bertz CT molecular complexity index is 103. The molecule has 0 spiro atoms. The molecule has 1 rings (SSSR count). The van der Waals surface area contributed by atoms with Crippen molar-refractivity contribution in [1.82, 2.24) is 5.32 Å². The molecule has 2 atom stereocenters. The highest BCUT2D eigenvalue weighted by Crippen LogP contribution is 2.20. The Morgan fingerprint density at radius 1 is 1.78 bits per heavy atom. The first-order chi connectivity index (χ1) is 4.16. The minimum atomic E-state index is 0.333. The topological polar surface area (TPSA) is 38.0 Å². The van der Waals surface area contributed by atoms with Gasteiger partial charge >= 0.3 is 0 Å². The van der Waals surface area contributed by atoms with Gasteiger partial charge in [-0.1, -0.05) is 6.92 Å². The van der Waals surface area contributed by atoms with E-state index >= 15 is 0 Å². The number of hydrogen-bond donors (Lipinski definition) is 2. The van der Waals surface area contributed by atoms with Gasteiger partial charge < -0.3 is 11.1 Å². The Balaban J connectivity index is 2.45. The third kappa shape index (κ3) is 1.43. The van der Waals surface area contributed by atoms with E-state index < -0.39 is 0 Å². The molecule has 1 heterocycles. The second-order valence-electron chi connectivity index (χ2n) is 3.26. The van der Waals surface area contributed by atoms with Crippen molar-refractivity contribution in [2.45, 2.75) is 38.3 Å². The predicted octanol–water partition coefficient (Wildman–Crippen LogP) is 0.476. The van der Waals surface area contributed by atoms with Crippen LogP contribution in [0.4, 0.5) is 0 Å². The van der Waals surface area contributed by atoms with Crippen LogP contribution < -0.4 is 11.1 Å². The number of nitrogens with two attached hydrogens (primary N) is 1. The molecule has 2 nitrogen and oxygen atoms in total. The molecule has 1 fully saturated rings. The van der Waals surface area contributed by atoms with E-state index in [2.05, 4.69) is 19.2 Å².